The monoisotopic (exact) mass is 541 g/mol. The number of hydrogen-bond donors (Lipinski definition) is 1. The normalized spacial score (nSPS) is 19.4. The average molecular weight is 542 g/mol. The molecule has 0 bridgehead atoms. The standard InChI is InChI=1S/C23H28ClN3O6S2/c24-19-6-8-21(9-7-19)35(31,32)27-12-10-18(11-13-27)22(23(28)26-14-16-33-17-15-26)25-34(29,30)20-4-2-1-3-5-20/h1-9,18,22,25H,10-17H2. The summed E-state index contributed by atoms with van der Waals surface area (Å²) in [4.78, 5) is 15.3. The Morgan fingerprint density at radius 2 is 1.49 bits per heavy atom. The molecule has 0 aliphatic carbocycles. The number of ether oxygens (including phenoxy) is 1. The molecule has 2 saturated heterocycles. The van der Waals surface area contributed by atoms with Gasteiger partial charge in [0, 0.05) is 31.2 Å². The first-order valence-electron chi connectivity index (χ1n) is 11.4. The summed E-state index contributed by atoms with van der Waals surface area (Å²) in [5.41, 5.74) is 0. The first-order valence-corrected chi connectivity index (χ1v) is 14.7. The summed E-state index contributed by atoms with van der Waals surface area (Å²) < 4.78 is 61.6. The number of carbonyl (C=O) groups is 1. The maximum absolute atomic E-state index is 13.4. The molecule has 0 saturated carbocycles. The minimum atomic E-state index is -3.95. The van der Waals surface area contributed by atoms with Crippen LogP contribution in [0.15, 0.2) is 64.4 Å². The zero-order valence-corrected chi connectivity index (χ0v) is 21.4. The maximum atomic E-state index is 13.4. The molecule has 190 valence electrons. The summed E-state index contributed by atoms with van der Waals surface area (Å²) in [6, 6.07) is 12.9. The van der Waals surface area contributed by atoms with E-state index < -0.39 is 26.1 Å². The summed E-state index contributed by atoms with van der Waals surface area (Å²) in [6.07, 6.45) is 0.676. The molecular weight excluding hydrogens is 514 g/mol. The Labute approximate surface area is 211 Å². The van der Waals surface area contributed by atoms with Crippen molar-refractivity contribution in [2.24, 2.45) is 5.92 Å². The molecule has 2 aromatic carbocycles. The minimum Gasteiger partial charge on any atom is -0.378 e. The Balaban J connectivity index is 1.53. The van der Waals surface area contributed by atoms with Gasteiger partial charge in [-0.25, -0.2) is 16.8 Å². The van der Waals surface area contributed by atoms with Crippen molar-refractivity contribution in [1.29, 1.82) is 0 Å². The lowest BCUT2D eigenvalue weighted by Crippen LogP contribution is -2.56. The first kappa shape index (κ1) is 26.1. The molecule has 35 heavy (non-hydrogen) atoms. The highest BCUT2D eigenvalue weighted by Gasteiger charge is 2.39. The van der Waals surface area contributed by atoms with E-state index in [-0.39, 0.29) is 34.7 Å². The number of piperidine rings is 1. The smallest absolute Gasteiger partial charge is 0.243 e. The van der Waals surface area contributed by atoms with Gasteiger partial charge in [0.25, 0.3) is 0 Å². The molecule has 2 fully saturated rings. The second-order valence-electron chi connectivity index (χ2n) is 8.55. The molecule has 2 heterocycles. The van der Waals surface area contributed by atoms with Crippen LogP contribution in [0.5, 0.6) is 0 Å². The topological polar surface area (TPSA) is 113 Å². The number of rotatable bonds is 7. The van der Waals surface area contributed by atoms with E-state index in [9.17, 15) is 21.6 Å². The number of nitrogens with zero attached hydrogens (tertiary/aromatic N) is 2. The summed E-state index contributed by atoms with van der Waals surface area (Å²) in [6.45, 7) is 1.90. The number of carbonyl (C=O) groups excluding carboxylic acids is 1. The van der Waals surface area contributed by atoms with Crippen molar-refractivity contribution in [2.45, 2.75) is 28.7 Å². The van der Waals surface area contributed by atoms with Gasteiger partial charge in [-0.05, 0) is 55.2 Å². The van der Waals surface area contributed by atoms with Crippen LogP contribution in [0.1, 0.15) is 12.8 Å². The highest BCUT2D eigenvalue weighted by Crippen LogP contribution is 2.28. The third kappa shape index (κ3) is 6.04. The molecule has 4 rings (SSSR count). The number of halogens is 1. The second-order valence-corrected chi connectivity index (χ2v) is 12.6. The Kier molecular flexibility index (Phi) is 8.14. The summed E-state index contributed by atoms with van der Waals surface area (Å²) in [7, 11) is -7.68. The Morgan fingerprint density at radius 3 is 2.09 bits per heavy atom. The van der Waals surface area contributed by atoms with E-state index in [0.29, 0.717) is 44.2 Å². The predicted octanol–water partition coefficient (Wildman–Crippen LogP) is 1.95. The zero-order valence-electron chi connectivity index (χ0n) is 19.0. The molecule has 1 amide bonds. The lowest BCUT2D eigenvalue weighted by molar-refractivity contribution is -0.138. The van der Waals surface area contributed by atoms with Crippen LogP contribution in [-0.2, 0) is 29.6 Å². The minimum absolute atomic E-state index is 0.0718. The maximum Gasteiger partial charge on any atom is 0.243 e. The third-order valence-corrected chi connectivity index (χ3v) is 9.97. The van der Waals surface area contributed by atoms with Crippen molar-refractivity contribution in [3.05, 3.63) is 59.6 Å². The van der Waals surface area contributed by atoms with E-state index in [0.717, 1.165) is 0 Å². The van der Waals surface area contributed by atoms with Gasteiger partial charge >= 0.3 is 0 Å². The second kappa shape index (κ2) is 10.9. The molecule has 0 spiro atoms. The van der Waals surface area contributed by atoms with Crippen molar-refractivity contribution in [3.63, 3.8) is 0 Å². The molecule has 1 atom stereocenters. The number of nitrogens with one attached hydrogen (secondary N) is 1. The molecule has 2 aromatic rings. The summed E-state index contributed by atoms with van der Waals surface area (Å²) in [5.74, 6) is -0.674. The number of morpholine rings is 1. The van der Waals surface area contributed by atoms with Gasteiger partial charge in [-0.1, -0.05) is 29.8 Å². The quantitative estimate of drug-likeness (QED) is 0.573. The van der Waals surface area contributed by atoms with Gasteiger partial charge in [0.15, 0.2) is 0 Å². The van der Waals surface area contributed by atoms with E-state index in [1.807, 2.05) is 0 Å². The van der Waals surface area contributed by atoms with Crippen LogP contribution in [0.3, 0.4) is 0 Å². The lowest BCUT2D eigenvalue weighted by atomic mass is 9.90. The van der Waals surface area contributed by atoms with Gasteiger partial charge in [0.1, 0.15) is 6.04 Å². The van der Waals surface area contributed by atoms with Crippen LogP contribution in [-0.4, -0.2) is 77.4 Å². The van der Waals surface area contributed by atoms with Crippen LogP contribution in [0, 0.1) is 5.92 Å². The van der Waals surface area contributed by atoms with Crippen molar-refractivity contribution in [2.75, 3.05) is 39.4 Å². The molecular formula is C23H28ClN3O6S2. The van der Waals surface area contributed by atoms with Crippen molar-refractivity contribution < 1.29 is 26.4 Å². The van der Waals surface area contributed by atoms with E-state index >= 15 is 0 Å². The van der Waals surface area contributed by atoms with Gasteiger partial charge in [-0.3, -0.25) is 4.79 Å². The molecule has 1 unspecified atom stereocenters. The molecule has 0 aromatic heterocycles. The first-order chi connectivity index (χ1) is 16.7. The van der Waals surface area contributed by atoms with Crippen LogP contribution < -0.4 is 4.72 Å². The van der Waals surface area contributed by atoms with Crippen molar-refractivity contribution in [3.8, 4) is 0 Å². The van der Waals surface area contributed by atoms with E-state index in [1.165, 1.54) is 40.7 Å². The predicted molar refractivity (Wildman–Crippen MR) is 131 cm³/mol. The molecule has 0 radical (unpaired) electrons. The lowest BCUT2D eigenvalue weighted by Gasteiger charge is -2.38. The number of benzene rings is 2. The fourth-order valence-corrected chi connectivity index (χ4v) is 7.24. The molecule has 12 heteroatoms. The molecule has 1 N–H and O–H groups in total. The van der Waals surface area contributed by atoms with Crippen molar-refractivity contribution >= 4 is 37.6 Å². The van der Waals surface area contributed by atoms with E-state index in [1.54, 1.807) is 23.1 Å². The highest BCUT2D eigenvalue weighted by atomic mass is 35.5. The fourth-order valence-electron chi connectivity index (χ4n) is 4.37. The van der Waals surface area contributed by atoms with Gasteiger partial charge in [0.05, 0.1) is 23.0 Å². The van der Waals surface area contributed by atoms with Gasteiger partial charge in [0.2, 0.25) is 26.0 Å². The molecule has 2 aliphatic heterocycles. The summed E-state index contributed by atoms with van der Waals surface area (Å²) >= 11 is 5.88. The number of hydrogen-bond acceptors (Lipinski definition) is 6. The third-order valence-electron chi connectivity index (χ3n) is 6.35. The Morgan fingerprint density at radius 1 is 0.886 bits per heavy atom. The van der Waals surface area contributed by atoms with E-state index in [4.69, 9.17) is 16.3 Å². The van der Waals surface area contributed by atoms with Crippen LogP contribution in [0.25, 0.3) is 0 Å². The van der Waals surface area contributed by atoms with Crippen LogP contribution >= 0.6 is 11.6 Å². The fraction of sp³-hybridized carbons (Fsp3) is 0.435. The number of amides is 1. The Hall–Kier alpha value is -2.02. The van der Waals surface area contributed by atoms with E-state index in [2.05, 4.69) is 4.72 Å². The van der Waals surface area contributed by atoms with Gasteiger partial charge in [-0.15, -0.1) is 0 Å². The zero-order chi connectivity index (χ0) is 25.1. The average Bonchev–Trinajstić information content (AvgIpc) is 2.88. The van der Waals surface area contributed by atoms with Crippen LogP contribution in [0.4, 0.5) is 0 Å². The Bertz CT molecular complexity index is 1230. The molecule has 2 aliphatic rings. The van der Waals surface area contributed by atoms with Crippen LogP contribution in [0.2, 0.25) is 5.02 Å². The molecule has 9 nitrogen and oxygen atoms in total. The number of sulfonamides is 2. The van der Waals surface area contributed by atoms with Crippen molar-refractivity contribution in [1.82, 2.24) is 13.9 Å². The van der Waals surface area contributed by atoms with Gasteiger partial charge < -0.3 is 9.64 Å². The SMILES string of the molecule is O=C(C(NS(=O)(=O)c1ccccc1)C1CCN(S(=O)(=O)c2ccc(Cl)cc2)CC1)N1CCOCC1. The highest BCUT2D eigenvalue weighted by molar-refractivity contribution is 7.89. The largest absolute Gasteiger partial charge is 0.378 e. The summed E-state index contributed by atoms with van der Waals surface area (Å²) in [5, 5.41) is 0.442. The van der Waals surface area contributed by atoms with Gasteiger partial charge in [-0.2, -0.15) is 9.03 Å².